The molecule has 10 heteroatoms. The van der Waals surface area contributed by atoms with E-state index in [0.717, 1.165) is 31.8 Å². The highest BCUT2D eigenvalue weighted by Crippen LogP contribution is 2.19. The number of rotatable bonds is 7. The van der Waals surface area contributed by atoms with Crippen molar-refractivity contribution < 1.29 is 19.1 Å². The summed E-state index contributed by atoms with van der Waals surface area (Å²) in [6.07, 6.45) is 5.90. The minimum atomic E-state index is -0.664. The topological polar surface area (TPSA) is 126 Å². The maximum atomic E-state index is 12.6. The lowest BCUT2D eigenvalue weighted by Gasteiger charge is -2.30. The number of aryl methyl sites for hydroxylation is 1. The van der Waals surface area contributed by atoms with Crippen molar-refractivity contribution in [3.05, 3.63) is 71.5 Å². The summed E-state index contributed by atoms with van der Waals surface area (Å²) >= 11 is 0. The fourth-order valence-corrected chi connectivity index (χ4v) is 4.63. The van der Waals surface area contributed by atoms with Gasteiger partial charge in [0.25, 0.3) is 11.8 Å². The largest absolute Gasteiger partial charge is 0.451 e. The van der Waals surface area contributed by atoms with Crippen LogP contribution in [0.2, 0.25) is 0 Å². The Morgan fingerprint density at radius 2 is 2.03 bits per heavy atom. The van der Waals surface area contributed by atoms with E-state index in [1.807, 2.05) is 10.6 Å². The molecule has 3 aromatic rings. The monoisotopic (exact) mass is 464 g/mol. The fourth-order valence-electron chi connectivity index (χ4n) is 4.63. The third kappa shape index (κ3) is 5.02. The Hall–Kier alpha value is -3.50. The van der Waals surface area contributed by atoms with E-state index in [9.17, 15) is 14.7 Å². The number of hydrogen-bond acceptors (Lipinski definition) is 7. The Kier molecular flexibility index (Phi) is 6.41. The summed E-state index contributed by atoms with van der Waals surface area (Å²) < 4.78 is 6.75. The molecule has 2 atom stereocenters. The first kappa shape index (κ1) is 22.3. The molecule has 0 saturated carbocycles. The van der Waals surface area contributed by atoms with E-state index in [-0.39, 0.29) is 30.1 Å². The van der Waals surface area contributed by atoms with E-state index < -0.39 is 6.10 Å². The number of hydrogen-bond donors (Lipinski definition) is 3. The van der Waals surface area contributed by atoms with Gasteiger partial charge in [-0.15, -0.1) is 0 Å². The summed E-state index contributed by atoms with van der Waals surface area (Å²) in [4.78, 5) is 35.4. The van der Waals surface area contributed by atoms with Crippen molar-refractivity contribution in [1.82, 2.24) is 30.1 Å². The first-order chi connectivity index (χ1) is 16.5. The van der Waals surface area contributed by atoms with Crippen LogP contribution in [0.5, 0.6) is 0 Å². The van der Waals surface area contributed by atoms with Crippen molar-refractivity contribution in [3.63, 3.8) is 0 Å². The normalized spacial score (nSPS) is 18.6. The van der Waals surface area contributed by atoms with E-state index >= 15 is 0 Å². The highest BCUT2D eigenvalue weighted by Gasteiger charge is 2.25. The number of fused-ring (bicyclic) bond motifs is 2. The van der Waals surface area contributed by atoms with Gasteiger partial charge in [0, 0.05) is 51.4 Å². The van der Waals surface area contributed by atoms with E-state index in [0.29, 0.717) is 25.2 Å². The summed E-state index contributed by atoms with van der Waals surface area (Å²) in [5, 5.41) is 16.2. The summed E-state index contributed by atoms with van der Waals surface area (Å²) in [6.45, 7) is 2.89. The number of amides is 2. The Morgan fingerprint density at radius 3 is 2.85 bits per heavy atom. The lowest BCUT2D eigenvalue weighted by atomic mass is 10.00. The van der Waals surface area contributed by atoms with Crippen LogP contribution in [0.3, 0.4) is 0 Å². The molecule has 0 fully saturated rings. The van der Waals surface area contributed by atoms with Crippen LogP contribution in [-0.4, -0.2) is 68.1 Å². The van der Waals surface area contributed by atoms with Crippen molar-refractivity contribution in [2.45, 2.75) is 44.5 Å². The number of nitrogens with one attached hydrogen (secondary N) is 2. The predicted molar refractivity (Wildman–Crippen MR) is 122 cm³/mol. The van der Waals surface area contributed by atoms with Gasteiger partial charge < -0.3 is 24.7 Å². The van der Waals surface area contributed by atoms with Gasteiger partial charge in [0.05, 0.1) is 6.10 Å². The molecule has 34 heavy (non-hydrogen) atoms. The number of carbonyl (C=O) groups excluding carboxylic acids is 2. The standard InChI is InChI=1S/C24H28N6O4/c31-19(12-29-8-7-16-3-1-2-4-17(16)10-29)9-25-23(32)20-13-30-11-18(5-6-22(30)28-20)27-24(33)21-14-34-15-26-21/h1-4,13-15,18-19,31H,5-12H2,(H,25,32)(H,27,33). The Balaban J connectivity index is 1.10. The third-order valence-corrected chi connectivity index (χ3v) is 6.40. The molecule has 3 N–H and O–H groups in total. The molecule has 0 saturated heterocycles. The molecule has 0 radical (unpaired) electrons. The molecule has 0 bridgehead atoms. The van der Waals surface area contributed by atoms with Crippen LogP contribution < -0.4 is 10.6 Å². The molecule has 1 aromatic carbocycles. The van der Waals surface area contributed by atoms with Gasteiger partial charge in [0.1, 0.15) is 17.8 Å². The number of carbonyl (C=O) groups is 2. The minimum Gasteiger partial charge on any atom is -0.451 e. The van der Waals surface area contributed by atoms with Gasteiger partial charge >= 0.3 is 0 Å². The summed E-state index contributed by atoms with van der Waals surface area (Å²) in [7, 11) is 0. The molecular formula is C24H28N6O4. The van der Waals surface area contributed by atoms with Crippen LogP contribution in [0.4, 0.5) is 0 Å². The number of aliphatic hydroxyl groups excluding tert-OH is 1. The molecule has 10 nitrogen and oxygen atoms in total. The number of aliphatic hydroxyl groups is 1. The summed E-state index contributed by atoms with van der Waals surface area (Å²) in [6, 6.07) is 8.29. The van der Waals surface area contributed by atoms with Crippen LogP contribution in [0.25, 0.3) is 0 Å². The minimum absolute atomic E-state index is 0.0849. The van der Waals surface area contributed by atoms with Crippen LogP contribution in [0.1, 0.15) is 44.3 Å². The van der Waals surface area contributed by atoms with Gasteiger partial charge in [0.15, 0.2) is 12.1 Å². The van der Waals surface area contributed by atoms with Crippen molar-refractivity contribution in [1.29, 1.82) is 0 Å². The highest BCUT2D eigenvalue weighted by atomic mass is 16.3. The second-order valence-corrected chi connectivity index (χ2v) is 8.90. The van der Waals surface area contributed by atoms with E-state index in [2.05, 4.69) is 43.7 Å². The molecule has 0 spiro atoms. The number of β-amino-alcohol motifs (C(OH)–C–C–N with tert-alkyl or cyclic N) is 1. The lowest BCUT2D eigenvalue weighted by molar-refractivity contribution is 0.0838. The molecule has 2 unspecified atom stereocenters. The second kappa shape index (κ2) is 9.78. The number of nitrogens with zero attached hydrogens (tertiary/aromatic N) is 4. The van der Waals surface area contributed by atoms with E-state index in [1.54, 1.807) is 6.20 Å². The number of benzene rings is 1. The quantitative estimate of drug-likeness (QED) is 0.471. The zero-order chi connectivity index (χ0) is 23.5. The van der Waals surface area contributed by atoms with Gasteiger partial charge in [-0.25, -0.2) is 9.97 Å². The van der Waals surface area contributed by atoms with E-state index in [4.69, 9.17) is 4.42 Å². The predicted octanol–water partition coefficient (Wildman–Crippen LogP) is 0.765. The fraction of sp³-hybridized carbons (Fsp3) is 0.417. The number of aromatic nitrogens is 3. The molecule has 4 heterocycles. The molecule has 2 amide bonds. The zero-order valence-electron chi connectivity index (χ0n) is 18.8. The van der Waals surface area contributed by atoms with Gasteiger partial charge in [-0.3, -0.25) is 14.5 Å². The van der Waals surface area contributed by atoms with Crippen molar-refractivity contribution in [3.8, 4) is 0 Å². The van der Waals surface area contributed by atoms with E-state index in [1.165, 1.54) is 23.8 Å². The Morgan fingerprint density at radius 1 is 1.18 bits per heavy atom. The maximum absolute atomic E-state index is 12.6. The Labute approximate surface area is 197 Å². The highest BCUT2D eigenvalue weighted by molar-refractivity contribution is 5.92. The number of oxazole rings is 1. The third-order valence-electron chi connectivity index (χ3n) is 6.40. The average molecular weight is 465 g/mol. The molecule has 2 aliphatic heterocycles. The SMILES string of the molecule is O=C(NCC(O)CN1CCc2ccccc2C1)c1cn2c(n1)CCC(NC(=O)c1cocn1)C2. The van der Waals surface area contributed by atoms with Gasteiger partial charge in [-0.1, -0.05) is 24.3 Å². The molecule has 178 valence electrons. The number of imidazole rings is 1. The lowest BCUT2D eigenvalue weighted by Crippen LogP contribution is -2.42. The smallest absolute Gasteiger partial charge is 0.273 e. The maximum Gasteiger partial charge on any atom is 0.273 e. The summed E-state index contributed by atoms with van der Waals surface area (Å²) in [5.41, 5.74) is 3.22. The van der Waals surface area contributed by atoms with Gasteiger partial charge in [-0.2, -0.15) is 0 Å². The molecule has 2 aromatic heterocycles. The molecule has 0 aliphatic carbocycles. The van der Waals surface area contributed by atoms with Gasteiger partial charge in [-0.05, 0) is 24.0 Å². The first-order valence-corrected chi connectivity index (χ1v) is 11.6. The molecular weight excluding hydrogens is 436 g/mol. The van der Waals surface area contributed by atoms with Crippen molar-refractivity contribution in [2.24, 2.45) is 0 Å². The zero-order valence-corrected chi connectivity index (χ0v) is 18.8. The van der Waals surface area contributed by atoms with Crippen LogP contribution in [0.15, 0.2) is 47.5 Å². The average Bonchev–Trinajstić information content (AvgIpc) is 3.52. The van der Waals surface area contributed by atoms with Crippen LogP contribution >= 0.6 is 0 Å². The second-order valence-electron chi connectivity index (χ2n) is 8.90. The van der Waals surface area contributed by atoms with Crippen molar-refractivity contribution >= 4 is 11.8 Å². The van der Waals surface area contributed by atoms with Crippen LogP contribution in [0, 0.1) is 0 Å². The van der Waals surface area contributed by atoms with Crippen molar-refractivity contribution in [2.75, 3.05) is 19.6 Å². The van der Waals surface area contributed by atoms with Gasteiger partial charge in [0.2, 0.25) is 0 Å². The van der Waals surface area contributed by atoms with Crippen LogP contribution in [-0.2, 0) is 25.9 Å². The summed E-state index contributed by atoms with van der Waals surface area (Å²) in [5.74, 6) is 0.212. The Bertz CT molecular complexity index is 1160. The molecule has 2 aliphatic rings. The first-order valence-electron chi connectivity index (χ1n) is 11.6. The molecule has 5 rings (SSSR count).